The van der Waals surface area contributed by atoms with Crippen LogP contribution in [-0.4, -0.2) is 34.5 Å². The monoisotopic (exact) mass is 323 g/mol. The van der Waals surface area contributed by atoms with E-state index in [9.17, 15) is 19.7 Å². The summed E-state index contributed by atoms with van der Waals surface area (Å²) in [4.78, 5) is 33.7. The lowest BCUT2D eigenvalue weighted by atomic mass is 9.89. The van der Waals surface area contributed by atoms with Crippen LogP contribution in [0.1, 0.15) is 42.6 Å². The van der Waals surface area contributed by atoms with Gasteiger partial charge in [-0.2, -0.15) is 0 Å². The second-order valence-electron chi connectivity index (χ2n) is 5.84. The molecule has 0 saturated heterocycles. The molecule has 126 valence electrons. The van der Waals surface area contributed by atoms with E-state index in [4.69, 9.17) is 4.74 Å². The van der Waals surface area contributed by atoms with Gasteiger partial charge in [-0.3, -0.25) is 14.9 Å². The number of nitrogens with zero attached hydrogens (tertiary/aromatic N) is 2. The number of hydrogen-bond acceptors (Lipinski definition) is 5. The molecule has 0 aliphatic heterocycles. The molecule has 0 atom stereocenters. The van der Waals surface area contributed by atoms with E-state index in [1.165, 1.54) is 37.1 Å². The van der Waals surface area contributed by atoms with E-state index in [0.29, 0.717) is 12.5 Å². The first-order chi connectivity index (χ1) is 11.0. The van der Waals surface area contributed by atoms with Gasteiger partial charge in [0.2, 0.25) is 0 Å². The molecule has 0 unspecified atom stereocenters. The molecule has 23 heavy (non-hydrogen) atoms. The molecule has 1 aromatic rings. The number of rotatable bonds is 6. The van der Waals surface area contributed by atoms with Crippen molar-refractivity contribution in [2.45, 2.75) is 32.1 Å². The zero-order valence-electron chi connectivity index (χ0n) is 13.1. The summed E-state index contributed by atoms with van der Waals surface area (Å²) in [7, 11) is 1.51. The van der Waals surface area contributed by atoms with Gasteiger partial charge >= 0.3 is 5.97 Å². The standard InChI is InChI=1S/C15H21N3O5/c1-17-9-12(18(21)22)7-13(17)15(20)23-10-14(19)16-8-11-5-3-2-4-6-11/h7,9,11H,2-6,8,10H2,1H3,(H,16,19). The first-order valence-electron chi connectivity index (χ1n) is 7.72. The maximum atomic E-state index is 11.9. The van der Waals surface area contributed by atoms with Crippen molar-refractivity contribution in [2.75, 3.05) is 13.2 Å². The number of hydrogen-bond donors (Lipinski definition) is 1. The molecule has 8 heteroatoms. The summed E-state index contributed by atoms with van der Waals surface area (Å²) in [5.74, 6) is -0.611. The fourth-order valence-corrected chi connectivity index (χ4v) is 2.76. The molecule has 8 nitrogen and oxygen atoms in total. The van der Waals surface area contributed by atoms with Gasteiger partial charge in [0.15, 0.2) is 6.61 Å². The van der Waals surface area contributed by atoms with E-state index in [-0.39, 0.29) is 23.9 Å². The Kier molecular flexibility index (Phi) is 5.72. The predicted octanol–water partition coefficient (Wildman–Crippen LogP) is 1.79. The number of aromatic nitrogens is 1. The molecule has 0 radical (unpaired) electrons. The third-order valence-corrected chi connectivity index (χ3v) is 4.06. The van der Waals surface area contributed by atoms with Crippen molar-refractivity contribution < 1.29 is 19.2 Å². The number of esters is 1. The van der Waals surface area contributed by atoms with Crippen LogP contribution in [0.3, 0.4) is 0 Å². The van der Waals surface area contributed by atoms with Crippen molar-refractivity contribution in [2.24, 2.45) is 13.0 Å². The van der Waals surface area contributed by atoms with Crippen LogP contribution in [0.2, 0.25) is 0 Å². The molecule has 1 saturated carbocycles. The Hall–Kier alpha value is -2.38. The summed E-state index contributed by atoms with van der Waals surface area (Å²) < 4.78 is 6.22. The molecule has 1 fully saturated rings. The normalized spacial score (nSPS) is 15.2. The fraction of sp³-hybridized carbons (Fsp3) is 0.600. The number of ether oxygens (including phenoxy) is 1. The molecule has 1 aliphatic carbocycles. The van der Waals surface area contributed by atoms with Crippen molar-refractivity contribution in [3.05, 3.63) is 28.1 Å². The van der Waals surface area contributed by atoms with Crippen molar-refractivity contribution in [3.8, 4) is 0 Å². The quantitative estimate of drug-likeness (QED) is 0.488. The second-order valence-corrected chi connectivity index (χ2v) is 5.84. The Morgan fingerprint density at radius 3 is 2.70 bits per heavy atom. The van der Waals surface area contributed by atoms with E-state index in [1.807, 2.05) is 0 Å². The molecule has 1 amide bonds. The van der Waals surface area contributed by atoms with Gasteiger partial charge in [0.1, 0.15) is 5.69 Å². The number of nitro groups is 1. The van der Waals surface area contributed by atoms with Gasteiger partial charge in [0.05, 0.1) is 11.1 Å². The maximum absolute atomic E-state index is 11.9. The highest BCUT2D eigenvalue weighted by molar-refractivity contribution is 5.90. The summed E-state index contributed by atoms with van der Waals surface area (Å²) in [6.07, 6.45) is 7.11. The Labute approximate surface area is 133 Å². The van der Waals surface area contributed by atoms with Gasteiger partial charge in [0.25, 0.3) is 11.6 Å². The lowest BCUT2D eigenvalue weighted by Crippen LogP contribution is -2.33. The average Bonchev–Trinajstić information content (AvgIpc) is 2.94. The molecular formula is C15H21N3O5. The van der Waals surface area contributed by atoms with E-state index in [1.54, 1.807) is 0 Å². The van der Waals surface area contributed by atoms with Crippen molar-refractivity contribution in [1.29, 1.82) is 0 Å². The summed E-state index contributed by atoms with van der Waals surface area (Å²) in [5.41, 5.74) is -0.155. The number of carbonyl (C=O) groups is 2. The van der Waals surface area contributed by atoms with Gasteiger partial charge in [-0.15, -0.1) is 0 Å². The molecule has 0 bridgehead atoms. The van der Waals surface area contributed by atoms with E-state index in [0.717, 1.165) is 18.9 Å². The lowest BCUT2D eigenvalue weighted by molar-refractivity contribution is -0.384. The highest BCUT2D eigenvalue weighted by Gasteiger charge is 2.20. The minimum atomic E-state index is -0.756. The van der Waals surface area contributed by atoms with Gasteiger partial charge in [-0.05, 0) is 18.8 Å². The van der Waals surface area contributed by atoms with Crippen LogP contribution in [0.5, 0.6) is 0 Å². The van der Waals surface area contributed by atoms with Gasteiger partial charge in [0, 0.05) is 19.7 Å². The number of aryl methyl sites for hydroxylation is 1. The van der Waals surface area contributed by atoms with E-state index < -0.39 is 10.9 Å². The smallest absolute Gasteiger partial charge is 0.355 e. The SMILES string of the molecule is Cn1cc([N+](=O)[O-])cc1C(=O)OCC(=O)NCC1CCCCC1. The minimum absolute atomic E-state index is 0.0387. The topological polar surface area (TPSA) is 103 Å². The van der Waals surface area contributed by atoms with Crippen LogP contribution in [0.4, 0.5) is 5.69 Å². The van der Waals surface area contributed by atoms with Crippen LogP contribution < -0.4 is 5.32 Å². The van der Waals surface area contributed by atoms with Crippen molar-refractivity contribution >= 4 is 17.6 Å². The van der Waals surface area contributed by atoms with Gasteiger partial charge in [-0.1, -0.05) is 19.3 Å². The molecule has 1 aromatic heterocycles. The number of carbonyl (C=O) groups excluding carboxylic acids is 2. The van der Waals surface area contributed by atoms with Crippen LogP contribution >= 0.6 is 0 Å². The summed E-state index contributed by atoms with van der Waals surface area (Å²) in [6.45, 7) is 0.219. The van der Waals surface area contributed by atoms with Gasteiger partial charge in [-0.25, -0.2) is 4.79 Å². The molecule has 0 spiro atoms. The van der Waals surface area contributed by atoms with Crippen LogP contribution in [0.25, 0.3) is 0 Å². The first-order valence-corrected chi connectivity index (χ1v) is 7.72. The highest BCUT2D eigenvalue weighted by Crippen LogP contribution is 2.22. The fourth-order valence-electron chi connectivity index (χ4n) is 2.76. The van der Waals surface area contributed by atoms with E-state index in [2.05, 4.69) is 5.32 Å². The van der Waals surface area contributed by atoms with Crippen molar-refractivity contribution in [1.82, 2.24) is 9.88 Å². The molecule has 0 aromatic carbocycles. The summed E-state index contributed by atoms with van der Waals surface area (Å²) >= 11 is 0. The highest BCUT2D eigenvalue weighted by atomic mass is 16.6. The second kappa shape index (κ2) is 7.75. The van der Waals surface area contributed by atoms with Gasteiger partial charge < -0.3 is 14.6 Å². The molecule has 1 heterocycles. The Morgan fingerprint density at radius 2 is 2.09 bits per heavy atom. The molecule has 1 aliphatic rings. The van der Waals surface area contributed by atoms with E-state index >= 15 is 0 Å². The van der Waals surface area contributed by atoms with Crippen LogP contribution in [0.15, 0.2) is 12.3 Å². The Bertz CT molecular complexity index is 590. The van der Waals surface area contributed by atoms with Crippen LogP contribution in [0, 0.1) is 16.0 Å². The zero-order valence-corrected chi connectivity index (χ0v) is 13.1. The average molecular weight is 323 g/mol. The largest absolute Gasteiger partial charge is 0.451 e. The Morgan fingerprint density at radius 1 is 1.39 bits per heavy atom. The Balaban J connectivity index is 1.77. The summed E-state index contributed by atoms with van der Waals surface area (Å²) in [6, 6.07) is 1.13. The minimum Gasteiger partial charge on any atom is -0.451 e. The lowest BCUT2D eigenvalue weighted by Gasteiger charge is -2.21. The number of nitrogens with one attached hydrogen (secondary N) is 1. The maximum Gasteiger partial charge on any atom is 0.355 e. The van der Waals surface area contributed by atoms with Crippen molar-refractivity contribution in [3.63, 3.8) is 0 Å². The first kappa shape index (κ1) is 17.0. The molecular weight excluding hydrogens is 302 g/mol. The predicted molar refractivity (Wildman–Crippen MR) is 81.9 cm³/mol. The molecule has 1 N–H and O–H groups in total. The molecule has 2 rings (SSSR count). The third-order valence-electron chi connectivity index (χ3n) is 4.06. The zero-order chi connectivity index (χ0) is 16.8. The van der Waals surface area contributed by atoms with Crippen LogP contribution in [-0.2, 0) is 16.6 Å². The third kappa shape index (κ3) is 4.80. The summed E-state index contributed by atoms with van der Waals surface area (Å²) in [5, 5.41) is 13.4. The number of amides is 1.